The van der Waals surface area contributed by atoms with Crippen LogP contribution in [0.2, 0.25) is 0 Å². The highest BCUT2D eigenvalue weighted by molar-refractivity contribution is 9.10. The molecule has 0 saturated heterocycles. The average Bonchev–Trinajstić information content (AvgIpc) is 2.26. The van der Waals surface area contributed by atoms with Gasteiger partial charge in [-0.3, -0.25) is 0 Å². The molecule has 0 atom stereocenters. The number of nitrogen functional groups attached to an aromatic ring is 1. The molecule has 1 aromatic rings. The minimum atomic E-state index is -0.676. The van der Waals surface area contributed by atoms with Crippen molar-refractivity contribution in [2.75, 3.05) is 20.0 Å². The van der Waals surface area contributed by atoms with E-state index in [9.17, 15) is 9.59 Å². The number of hydrogen-bond acceptors (Lipinski definition) is 5. The van der Waals surface area contributed by atoms with E-state index in [4.69, 9.17) is 5.73 Å². The van der Waals surface area contributed by atoms with Crippen molar-refractivity contribution in [3.05, 3.63) is 27.7 Å². The summed E-state index contributed by atoms with van der Waals surface area (Å²) in [6.45, 7) is 0. The molecule has 6 heteroatoms. The van der Waals surface area contributed by atoms with Crippen molar-refractivity contribution in [3.8, 4) is 0 Å². The van der Waals surface area contributed by atoms with Gasteiger partial charge in [0.1, 0.15) is 0 Å². The Balaban J connectivity index is 3.44. The summed E-state index contributed by atoms with van der Waals surface area (Å²) < 4.78 is 9.69. The Kier molecular flexibility index (Phi) is 3.89. The predicted octanol–water partition coefficient (Wildman–Crippen LogP) is 1.60. The van der Waals surface area contributed by atoms with Crippen LogP contribution in [0.25, 0.3) is 0 Å². The number of rotatable bonds is 2. The Morgan fingerprint density at radius 1 is 1.19 bits per heavy atom. The van der Waals surface area contributed by atoms with Crippen LogP contribution in [-0.2, 0) is 9.47 Å². The van der Waals surface area contributed by atoms with Crippen molar-refractivity contribution in [2.45, 2.75) is 0 Å². The third kappa shape index (κ3) is 2.33. The minimum Gasteiger partial charge on any atom is -0.465 e. The van der Waals surface area contributed by atoms with Crippen LogP contribution in [0.1, 0.15) is 20.7 Å². The molecule has 0 unspecified atom stereocenters. The van der Waals surface area contributed by atoms with Gasteiger partial charge in [-0.25, -0.2) is 9.59 Å². The van der Waals surface area contributed by atoms with E-state index in [1.54, 1.807) is 0 Å². The molecule has 0 aliphatic carbocycles. The zero-order valence-corrected chi connectivity index (χ0v) is 10.3. The van der Waals surface area contributed by atoms with E-state index < -0.39 is 11.9 Å². The fraction of sp³-hybridized carbons (Fsp3) is 0.200. The van der Waals surface area contributed by atoms with Gasteiger partial charge >= 0.3 is 11.9 Å². The van der Waals surface area contributed by atoms with E-state index in [0.717, 1.165) is 0 Å². The summed E-state index contributed by atoms with van der Waals surface area (Å²) in [6.07, 6.45) is 0. The molecule has 1 aromatic carbocycles. The van der Waals surface area contributed by atoms with Crippen LogP contribution >= 0.6 is 15.9 Å². The lowest BCUT2D eigenvalue weighted by molar-refractivity contribution is 0.0556. The van der Waals surface area contributed by atoms with Gasteiger partial charge < -0.3 is 15.2 Å². The number of hydrogen-bond donors (Lipinski definition) is 1. The molecule has 2 N–H and O–H groups in total. The highest BCUT2D eigenvalue weighted by Crippen LogP contribution is 2.24. The number of anilines is 1. The fourth-order valence-electron chi connectivity index (χ4n) is 1.23. The van der Waals surface area contributed by atoms with Gasteiger partial charge in [0.2, 0.25) is 0 Å². The van der Waals surface area contributed by atoms with E-state index in [2.05, 4.69) is 25.4 Å². The third-order valence-electron chi connectivity index (χ3n) is 1.93. The molecule has 86 valence electrons. The lowest BCUT2D eigenvalue weighted by atomic mass is 10.1. The maximum atomic E-state index is 11.5. The summed E-state index contributed by atoms with van der Waals surface area (Å²) in [5.41, 5.74) is 5.89. The molecule has 0 fully saturated rings. The molecule has 0 spiro atoms. The molecule has 1 rings (SSSR count). The lowest BCUT2D eigenvalue weighted by Crippen LogP contribution is -2.14. The Labute approximate surface area is 101 Å². The predicted molar refractivity (Wildman–Crippen MR) is 61.2 cm³/mol. The number of halogens is 1. The van der Waals surface area contributed by atoms with Gasteiger partial charge in [-0.15, -0.1) is 0 Å². The first kappa shape index (κ1) is 12.5. The second kappa shape index (κ2) is 4.98. The number of nitrogens with two attached hydrogens (primary N) is 1. The number of methoxy groups -OCH3 is 2. The molecule has 0 radical (unpaired) electrons. The highest BCUT2D eigenvalue weighted by atomic mass is 79.9. The minimum absolute atomic E-state index is 0.0116. The van der Waals surface area contributed by atoms with Crippen molar-refractivity contribution < 1.29 is 19.1 Å². The zero-order valence-electron chi connectivity index (χ0n) is 8.74. The largest absolute Gasteiger partial charge is 0.465 e. The molecule has 0 aliphatic rings. The number of benzene rings is 1. The molecule has 5 nitrogen and oxygen atoms in total. The smallest absolute Gasteiger partial charge is 0.340 e. The van der Waals surface area contributed by atoms with Crippen LogP contribution in [0, 0.1) is 0 Å². The van der Waals surface area contributed by atoms with Crippen LogP contribution < -0.4 is 5.73 Å². The standard InChI is InChI=1S/C10H10BrNO4/c1-15-9(13)6-3-5(11)4-7(12)8(6)10(14)16-2/h3-4H,12H2,1-2H3. The van der Waals surface area contributed by atoms with E-state index in [1.807, 2.05) is 0 Å². The van der Waals surface area contributed by atoms with Gasteiger partial charge in [0.05, 0.1) is 25.3 Å². The van der Waals surface area contributed by atoms with Gasteiger partial charge in [0.25, 0.3) is 0 Å². The summed E-state index contributed by atoms with van der Waals surface area (Å²) in [5.74, 6) is -1.32. The first-order valence-electron chi connectivity index (χ1n) is 4.27. The van der Waals surface area contributed by atoms with Crippen LogP contribution in [0.5, 0.6) is 0 Å². The van der Waals surface area contributed by atoms with Crippen LogP contribution in [0.15, 0.2) is 16.6 Å². The van der Waals surface area contributed by atoms with Crippen molar-refractivity contribution in [3.63, 3.8) is 0 Å². The van der Waals surface area contributed by atoms with E-state index >= 15 is 0 Å². The maximum absolute atomic E-state index is 11.5. The van der Waals surface area contributed by atoms with Crippen LogP contribution in [0.4, 0.5) is 5.69 Å². The summed E-state index contributed by atoms with van der Waals surface area (Å²) >= 11 is 3.18. The van der Waals surface area contributed by atoms with Crippen molar-refractivity contribution >= 4 is 33.6 Å². The van der Waals surface area contributed by atoms with Gasteiger partial charge in [-0.05, 0) is 12.1 Å². The molecule has 0 amide bonds. The van der Waals surface area contributed by atoms with Gasteiger partial charge in [-0.2, -0.15) is 0 Å². The fourth-order valence-corrected chi connectivity index (χ4v) is 1.70. The van der Waals surface area contributed by atoms with Crippen LogP contribution in [0.3, 0.4) is 0 Å². The van der Waals surface area contributed by atoms with Crippen molar-refractivity contribution in [1.82, 2.24) is 0 Å². The van der Waals surface area contributed by atoms with Crippen molar-refractivity contribution in [2.24, 2.45) is 0 Å². The Bertz CT molecular complexity index is 445. The number of ether oxygens (including phenoxy) is 2. The first-order chi connectivity index (χ1) is 7.51. The maximum Gasteiger partial charge on any atom is 0.340 e. The Hall–Kier alpha value is -1.56. The molecule has 0 saturated carbocycles. The Morgan fingerprint density at radius 3 is 2.25 bits per heavy atom. The zero-order chi connectivity index (χ0) is 12.3. The van der Waals surface area contributed by atoms with E-state index in [1.165, 1.54) is 26.4 Å². The summed E-state index contributed by atoms with van der Waals surface area (Å²) in [6, 6.07) is 2.97. The monoisotopic (exact) mass is 287 g/mol. The highest BCUT2D eigenvalue weighted by Gasteiger charge is 2.21. The first-order valence-corrected chi connectivity index (χ1v) is 5.06. The quantitative estimate of drug-likeness (QED) is 0.660. The number of carbonyl (C=O) groups is 2. The van der Waals surface area contributed by atoms with Crippen molar-refractivity contribution in [1.29, 1.82) is 0 Å². The molecule has 0 aromatic heterocycles. The summed E-state index contributed by atoms with van der Waals surface area (Å²) in [4.78, 5) is 22.9. The van der Waals surface area contributed by atoms with Crippen LogP contribution in [-0.4, -0.2) is 26.2 Å². The number of carbonyl (C=O) groups excluding carboxylic acids is 2. The second-order valence-electron chi connectivity index (χ2n) is 2.90. The van der Waals surface area contributed by atoms with Gasteiger partial charge in [-0.1, -0.05) is 15.9 Å². The molecule has 0 aliphatic heterocycles. The second-order valence-corrected chi connectivity index (χ2v) is 3.82. The molecular formula is C10H10BrNO4. The number of esters is 2. The third-order valence-corrected chi connectivity index (χ3v) is 2.39. The lowest BCUT2D eigenvalue weighted by Gasteiger charge is -2.09. The summed E-state index contributed by atoms with van der Waals surface area (Å²) in [5, 5.41) is 0. The topological polar surface area (TPSA) is 78.6 Å². The van der Waals surface area contributed by atoms with Gasteiger partial charge in [0, 0.05) is 10.2 Å². The molecular weight excluding hydrogens is 278 g/mol. The summed E-state index contributed by atoms with van der Waals surface area (Å²) in [7, 11) is 2.44. The molecule has 0 bridgehead atoms. The van der Waals surface area contributed by atoms with E-state index in [-0.39, 0.29) is 16.8 Å². The van der Waals surface area contributed by atoms with E-state index in [0.29, 0.717) is 4.47 Å². The molecule has 16 heavy (non-hydrogen) atoms. The van der Waals surface area contributed by atoms with Gasteiger partial charge in [0.15, 0.2) is 0 Å². The molecule has 0 heterocycles. The SMILES string of the molecule is COC(=O)c1cc(Br)cc(N)c1C(=O)OC. The normalized spacial score (nSPS) is 9.69. The average molecular weight is 288 g/mol. The Morgan fingerprint density at radius 2 is 1.75 bits per heavy atom.